The molecule has 4 rings (SSSR count). The van der Waals surface area contributed by atoms with E-state index in [1.807, 2.05) is 23.1 Å². The van der Waals surface area contributed by atoms with E-state index < -0.39 is 10.0 Å². The van der Waals surface area contributed by atoms with Gasteiger partial charge in [0.05, 0.1) is 11.7 Å². The number of halogens is 2. The minimum Gasteiger partial charge on any atom is -0.368 e. The van der Waals surface area contributed by atoms with E-state index >= 15 is 0 Å². The van der Waals surface area contributed by atoms with Crippen LogP contribution in [0, 0.1) is 5.92 Å². The zero-order valence-electron chi connectivity index (χ0n) is 17.8. The van der Waals surface area contributed by atoms with E-state index in [0.717, 1.165) is 18.8 Å². The number of anilines is 1. The SMILES string of the molecule is O=C([C@@H]1CCCN(S(=O)(=O)Cc2c(Cl)cccc2Cl)C1)N1CCN(c2ccccc2)CC1. The van der Waals surface area contributed by atoms with Crippen LogP contribution in [-0.2, 0) is 20.6 Å². The first-order valence-electron chi connectivity index (χ1n) is 10.8. The van der Waals surface area contributed by atoms with Gasteiger partial charge < -0.3 is 9.80 Å². The summed E-state index contributed by atoms with van der Waals surface area (Å²) in [6.07, 6.45) is 1.37. The van der Waals surface area contributed by atoms with Gasteiger partial charge in [-0.25, -0.2) is 12.7 Å². The number of hydrogen-bond donors (Lipinski definition) is 0. The van der Waals surface area contributed by atoms with Crippen molar-refractivity contribution in [2.24, 2.45) is 5.92 Å². The van der Waals surface area contributed by atoms with Crippen LogP contribution >= 0.6 is 23.2 Å². The van der Waals surface area contributed by atoms with Crippen LogP contribution in [0.25, 0.3) is 0 Å². The second-order valence-corrected chi connectivity index (χ2v) is 11.1. The number of nitrogens with zero attached hydrogens (tertiary/aromatic N) is 3. The molecule has 0 N–H and O–H groups in total. The standard InChI is InChI=1S/C23H27Cl2N3O3S/c24-21-9-4-10-22(25)20(21)17-32(30,31)28-11-5-6-18(16-28)23(29)27-14-12-26(13-15-27)19-7-2-1-3-8-19/h1-4,7-10,18H,5-6,11-17H2/t18-/m1/s1. The van der Waals surface area contributed by atoms with Gasteiger partial charge in [0.25, 0.3) is 0 Å². The van der Waals surface area contributed by atoms with Gasteiger partial charge >= 0.3 is 0 Å². The number of para-hydroxylation sites is 1. The Hall–Kier alpha value is -1.80. The van der Waals surface area contributed by atoms with Crippen molar-refractivity contribution in [3.05, 3.63) is 64.1 Å². The molecule has 0 bridgehead atoms. The highest BCUT2D eigenvalue weighted by molar-refractivity contribution is 7.88. The van der Waals surface area contributed by atoms with E-state index in [-0.39, 0.29) is 24.1 Å². The molecule has 2 heterocycles. The third-order valence-electron chi connectivity index (χ3n) is 6.23. The van der Waals surface area contributed by atoms with E-state index in [0.29, 0.717) is 48.1 Å². The average Bonchev–Trinajstić information content (AvgIpc) is 2.82. The maximum atomic E-state index is 13.2. The minimum absolute atomic E-state index is 0.0494. The van der Waals surface area contributed by atoms with E-state index in [1.165, 1.54) is 4.31 Å². The summed E-state index contributed by atoms with van der Waals surface area (Å²) in [4.78, 5) is 17.3. The van der Waals surface area contributed by atoms with E-state index in [4.69, 9.17) is 23.2 Å². The van der Waals surface area contributed by atoms with Crippen molar-refractivity contribution >= 4 is 44.8 Å². The second-order valence-electron chi connectivity index (χ2n) is 8.30. The van der Waals surface area contributed by atoms with Crippen LogP contribution in [0.5, 0.6) is 0 Å². The van der Waals surface area contributed by atoms with E-state index in [1.54, 1.807) is 18.2 Å². The molecule has 2 aliphatic heterocycles. The van der Waals surface area contributed by atoms with Crippen LogP contribution in [-0.4, -0.2) is 62.8 Å². The van der Waals surface area contributed by atoms with Crippen molar-refractivity contribution in [1.29, 1.82) is 0 Å². The van der Waals surface area contributed by atoms with Crippen molar-refractivity contribution in [2.45, 2.75) is 18.6 Å². The maximum Gasteiger partial charge on any atom is 0.227 e. The zero-order valence-corrected chi connectivity index (χ0v) is 20.1. The van der Waals surface area contributed by atoms with Crippen LogP contribution in [0.3, 0.4) is 0 Å². The highest BCUT2D eigenvalue weighted by atomic mass is 35.5. The van der Waals surface area contributed by atoms with Crippen LogP contribution in [0.1, 0.15) is 18.4 Å². The highest BCUT2D eigenvalue weighted by Gasteiger charge is 2.35. The quantitative estimate of drug-likeness (QED) is 0.631. The molecule has 2 fully saturated rings. The fourth-order valence-corrected chi connectivity index (χ4v) is 6.78. The molecule has 2 aromatic carbocycles. The Kier molecular flexibility index (Phi) is 7.30. The van der Waals surface area contributed by atoms with Gasteiger partial charge in [0.1, 0.15) is 0 Å². The lowest BCUT2D eigenvalue weighted by molar-refractivity contribution is -0.137. The Balaban J connectivity index is 1.38. The zero-order chi connectivity index (χ0) is 22.7. The molecular weight excluding hydrogens is 469 g/mol. The molecule has 0 spiro atoms. The minimum atomic E-state index is -3.64. The molecule has 1 amide bonds. The van der Waals surface area contributed by atoms with Crippen LogP contribution in [0.15, 0.2) is 48.5 Å². The summed E-state index contributed by atoms with van der Waals surface area (Å²) in [5, 5.41) is 0.670. The number of rotatable bonds is 5. The van der Waals surface area contributed by atoms with Gasteiger partial charge in [-0.3, -0.25) is 4.79 Å². The third kappa shape index (κ3) is 5.22. The summed E-state index contributed by atoms with van der Waals surface area (Å²) in [5.74, 6) is -0.528. The summed E-state index contributed by atoms with van der Waals surface area (Å²) in [6, 6.07) is 15.1. The number of carbonyl (C=O) groups is 1. The number of benzene rings is 2. The molecule has 172 valence electrons. The monoisotopic (exact) mass is 495 g/mol. The molecule has 0 aliphatic carbocycles. The number of piperidine rings is 1. The van der Waals surface area contributed by atoms with Gasteiger partial charge in [-0.2, -0.15) is 0 Å². The number of sulfonamides is 1. The summed E-state index contributed by atoms with van der Waals surface area (Å²) >= 11 is 12.4. The average molecular weight is 496 g/mol. The molecule has 0 aromatic heterocycles. The molecule has 2 saturated heterocycles. The van der Waals surface area contributed by atoms with Crippen LogP contribution in [0.2, 0.25) is 10.0 Å². The topological polar surface area (TPSA) is 60.9 Å². The van der Waals surface area contributed by atoms with Crippen molar-refractivity contribution < 1.29 is 13.2 Å². The van der Waals surface area contributed by atoms with Crippen molar-refractivity contribution in [3.63, 3.8) is 0 Å². The molecule has 32 heavy (non-hydrogen) atoms. The molecule has 2 aromatic rings. The van der Waals surface area contributed by atoms with Crippen molar-refractivity contribution in [1.82, 2.24) is 9.21 Å². The Morgan fingerprint density at radius 1 is 0.906 bits per heavy atom. The first kappa shape index (κ1) is 23.4. The molecular formula is C23H27Cl2N3O3S. The van der Waals surface area contributed by atoms with Gasteiger partial charge in [-0.15, -0.1) is 0 Å². The molecule has 2 aliphatic rings. The predicted octanol–water partition coefficient (Wildman–Crippen LogP) is 3.88. The molecule has 0 unspecified atom stereocenters. The maximum absolute atomic E-state index is 13.2. The lowest BCUT2D eigenvalue weighted by atomic mass is 9.97. The van der Waals surface area contributed by atoms with Crippen LogP contribution in [0.4, 0.5) is 5.69 Å². The Bertz CT molecular complexity index is 1040. The Labute approximate surface area is 199 Å². The van der Waals surface area contributed by atoms with E-state index in [2.05, 4.69) is 17.0 Å². The smallest absolute Gasteiger partial charge is 0.227 e. The summed E-state index contributed by atoms with van der Waals surface area (Å²) in [5.41, 5.74) is 1.56. The van der Waals surface area contributed by atoms with Crippen molar-refractivity contribution in [2.75, 3.05) is 44.2 Å². The first-order valence-corrected chi connectivity index (χ1v) is 13.2. The summed E-state index contributed by atoms with van der Waals surface area (Å²) in [6.45, 7) is 3.46. The first-order chi connectivity index (χ1) is 15.3. The molecule has 9 heteroatoms. The van der Waals surface area contributed by atoms with Gasteiger partial charge in [-0.05, 0) is 37.1 Å². The lowest BCUT2D eigenvalue weighted by Crippen LogP contribution is -2.53. The normalized spacial score (nSPS) is 20.4. The van der Waals surface area contributed by atoms with Crippen molar-refractivity contribution in [3.8, 4) is 0 Å². The summed E-state index contributed by atoms with van der Waals surface area (Å²) in [7, 11) is -3.64. The molecule has 0 radical (unpaired) electrons. The molecule has 6 nitrogen and oxygen atoms in total. The van der Waals surface area contributed by atoms with Gasteiger partial charge in [0.15, 0.2) is 0 Å². The lowest BCUT2D eigenvalue weighted by Gasteiger charge is -2.39. The fourth-order valence-electron chi connectivity index (χ4n) is 4.42. The van der Waals surface area contributed by atoms with E-state index in [9.17, 15) is 13.2 Å². The number of amides is 1. The third-order valence-corrected chi connectivity index (χ3v) is 8.71. The molecule has 1 atom stereocenters. The van der Waals surface area contributed by atoms with Gasteiger partial charge in [0.2, 0.25) is 15.9 Å². The fraction of sp³-hybridized carbons (Fsp3) is 0.435. The second kappa shape index (κ2) is 10.00. The largest absolute Gasteiger partial charge is 0.368 e. The van der Waals surface area contributed by atoms with Gasteiger partial charge in [0, 0.05) is 60.6 Å². The van der Waals surface area contributed by atoms with Gasteiger partial charge in [-0.1, -0.05) is 47.5 Å². The van der Waals surface area contributed by atoms with Crippen LogP contribution < -0.4 is 4.90 Å². The molecule has 0 saturated carbocycles. The predicted molar refractivity (Wildman–Crippen MR) is 129 cm³/mol. The highest BCUT2D eigenvalue weighted by Crippen LogP contribution is 2.29. The Morgan fingerprint density at radius 3 is 2.22 bits per heavy atom. The number of piperazine rings is 1. The number of hydrogen-bond acceptors (Lipinski definition) is 4. The summed E-state index contributed by atoms with van der Waals surface area (Å²) < 4.78 is 27.6. The Morgan fingerprint density at radius 2 is 1.56 bits per heavy atom. The number of carbonyl (C=O) groups excluding carboxylic acids is 1.